The maximum atomic E-state index is 12.3. The Hall–Kier alpha value is -2.08. The summed E-state index contributed by atoms with van der Waals surface area (Å²) in [5, 5.41) is 6.01. The van der Waals surface area contributed by atoms with Crippen molar-refractivity contribution in [2.75, 3.05) is 20.3 Å². The van der Waals surface area contributed by atoms with Gasteiger partial charge < -0.3 is 20.1 Å². The smallest absolute Gasteiger partial charge is 0.257 e. The average molecular weight is 360 g/mol. The number of benzene rings is 1. The first-order chi connectivity index (χ1) is 12.7. The molecule has 4 atom stereocenters. The Labute approximate surface area is 154 Å². The van der Waals surface area contributed by atoms with E-state index in [1.165, 1.54) is 0 Å². The van der Waals surface area contributed by atoms with Gasteiger partial charge in [0.05, 0.1) is 6.10 Å². The SMILES string of the molecule is COC1CCC2CC(CCNC(=O)COc3ccccc3)C(=O)NC2C1. The van der Waals surface area contributed by atoms with Crippen LogP contribution in [-0.2, 0) is 14.3 Å². The second-order valence-corrected chi connectivity index (χ2v) is 7.22. The predicted octanol–water partition coefficient (Wildman–Crippen LogP) is 1.89. The molecule has 3 rings (SSSR count). The molecule has 1 aromatic carbocycles. The summed E-state index contributed by atoms with van der Waals surface area (Å²) in [5.41, 5.74) is 0. The van der Waals surface area contributed by atoms with Crippen molar-refractivity contribution in [2.24, 2.45) is 11.8 Å². The van der Waals surface area contributed by atoms with E-state index in [0.717, 1.165) is 25.7 Å². The third-order valence-electron chi connectivity index (χ3n) is 5.49. The summed E-state index contributed by atoms with van der Waals surface area (Å²) in [5.74, 6) is 1.13. The minimum atomic E-state index is -0.163. The molecule has 6 nitrogen and oxygen atoms in total. The summed E-state index contributed by atoms with van der Waals surface area (Å²) in [6.07, 6.45) is 4.90. The Morgan fingerprint density at radius 2 is 2.04 bits per heavy atom. The highest BCUT2D eigenvalue weighted by Crippen LogP contribution is 2.35. The van der Waals surface area contributed by atoms with Gasteiger partial charge in [0.15, 0.2) is 6.61 Å². The molecule has 26 heavy (non-hydrogen) atoms. The molecule has 0 bridgehead atoms. The molecule has 4 unspecified atom stereocenters. The molecule has 0 spiro atoms. The van der Waals surface area contributed by atoms with Gasteiger partial charge in [0.2, 0.25) is 5.91 Å². The van der Waals surface area contributed by atoms with E-state index in [1.54, 1.807) is 7.11 Å². The van der Waals surface area contributed by atoms with Crippen LogP contribution in [0.25, 0.3) is 0 Å². The van der Waals surface area contributed by atoms with Gasteiger partial charge in [-0.25, -0.2) is 0 Å². The van der Waals surface area contributed by atoms with Crippen LogP contribution in [0, 0.1) is 11.8 Å². The normalized spacial score (nSPS) is 28.0. The van der Waals surface area contributed by atoms with Gasteiger partial charge in [-0.3, -0.25) is 9.59 Å². The van der Waals surface area contributed by atoms with E-state index in [0.29, 0.717) is 24.6 Å². The lowest BCUT2D eigenvalue weighted by atomic mass is 9.74. The lowest BCUT2D eigenvalue weighted by Crippen LogP contribution is -2.53. The van der Waals surface area contributed by atoms with E-state index >= 15 is 0 Å². The largest absolute Gasteiger partial charge is 0.484 e. The fourth-order valence-corrected chi connectivity index (χ4v) is 3.99. The molecule has 142 valence electrons. The summed E-state index contributed by atoms with van der Waals surface area (Å²) < 4.78 is 10.9. The number of methoxy groups -OCH3 is 1. The van der Waals surface area contributed by atoms with E-state index in [-0.39, 0.29) is 36.5 Å². The molecule has 2 fully saturated rings. The minimum absolute atomic E-state index is 0.00994. The quantitative estimate of drug-likeness (QED) is 0.779. The van der Waals surface area contributed by atoms with Crippen molar-refractivity contribution in [3.05, 3.63) is 30.3 Å². The molecule has 1 saturated heterocycles. The molecule has 1 saturated carbocycles. The number of nitrogens with one attached hydrogen (secondary N) is 2. The highest BCUT2D eigenvalue weighted by atomic mass is 16.5. The summed E-state index contributed by atoms with van der Waals surface area (Å²) in [6.45, 7) is 0.483. The summed E-state index contributed by atoms with van der Waals surface area (Å²) in [7, 11) is 1.74. The molecule has 1 heterocycles. The van der Waals surface area contributed by atoms with Gasteiger partial charge in [-0.2, -0.15) is 0 Å². The third-order valence-corrected chi connectivity index (χ3v) is 5.49. The van der Waals surface area contributed by atoms with Crippen LogP contribution in [-0.4, -0.2) is 44.2 Å². The second-order valence-electron chi connectivity index (χ2n) is 7.22. The first-order valence-corrected chi connectivity index (χ1v) is 9.43. The van der Waals surface area contributed by atoms with Crippen molar-refractivity contribution in [2.45, 2.75) is 44.2 Å². The van der Waals surface area contributed by atoms with E-state index < -0.39 is 0 Å². The molecule has 0 aromatic heterocycles. The fraction of sp³-hybridized carbons (Fsp3) is 0.600. The van der Waals surface area contributed by atoms with Gasteiger partial charge in [-0.15, -0.1) is 0 Å². The van der Waals surface area contributed by atoms with Crippen molar-refractivity contribution in [3.8, 4) is 5.75 Å². The van der Waals surface area contributed by atoms with E-state index in [1.807, 2.05) is 30.3 Å². The number of para-hydroxylation sites is 1. The molecule has 1 aromatic rings. The fourth-order valence-electron chi connectivity index (χ4n) is 3.99. The Kier molecular flexibility index (Phi) is 6.50. The zero-order chi connectivity index (χ0) is 18.4. The van der Waals surface area contributed by atoms with Crippen LogP contribution >= 0.6 is 0 Å². The Bertz CT molecular complexity index is 607. The van der Waals surface area contributed by atoms with Crippen LogP contribution in [0.3, 0.4) is 0 Å². The maximum Gasteiger partial charge on any atom is 0.257 e. The lowest BCUT2D eigenvalue weighted by Gasteiger charge is -2.41. The van der Waals surface area contributed by atoms with Gasteiger partial charge in [-0.05, 0) is 50.2 Å². The average Bonchev–Trinajstić information content (AvgIpc) is 2.67. The number of hydrogen-bond acceptors (Lipinski definition) is 4. The standard InChI is InChI=1S/C20H28N2O4/c1-25-17-8-7-14-11-15(20(24)22-18(14)12-17)9-10-21-19(23)13-26-16-5-3-2-4-6-16/h2-6,14-15,17-18H,7-13H2,1H3,(H,21,23)(H,22,24). The Morgan fingerprint density at radius 3 is 2.81 bits per heavy atom. The first kappa shape index (κ1) is 18.7. The van der Waals surface area contributed by atoms with Crippen LogP contribution in [0.5, 0.6) is 5.75 Å². The number of rotatable bonds is 7. The van der Waals surface area contributed by atoms with Gasteiger partial charge >= 0.3 is 0 Å². The molecule has 1 aliphatic heterocycles. The van der Waals surface area contributed by atoms with Gasteiger partial charge in [0.1, 0.15) is 5.75 Å². The van der Waals surface area contributed by atoms with Gasteiger partial charge in [0.25, 0.3) is 5.91 Å². The number of amides is 2. The highest BCUT2D eigenvalue weighted by Gasteiger charge is 2.39. The second kappa shape index (κ2) is 9.03. The number of carbonyl (C=O) groups is 2. The molecule has 2 N–H and O–H groups in total. The van der Waals surface area contributed by atoms with Crippen LogP contribution in [0.15, 0.2) is 30.3 Å². The maximum absolute atomic E-state index is 12.3. The van der Waals surface area contributed by atoms with Crippen LogP contribution in [0.1, 0.15) is 32.1 Å². The number of fused-ring (bicyclic) bond motifs is 1. The molecule has 0 radical (unpaired) electrons. The molecule has 2 amide bonds. The van der Waals surface area contributed by atoms with E-state index in [4.69, 9.17) is 9.47 Å². The minimum Gasteiger partial charge on any atom is -0.484 e. The predicted molar refractivity (Wildman–Crippen MR) is 97.7 cm³/mol. The number of ether oxygens (including phenoxy) is 2. The number of carbonyl (C=O) groups excluding carboxylic acids is 2. The van der Waals surface area contributed by atoms with Gasteiger partial charge in [0, 0.05) is 25.6 Å². The van der Waals surface area contributed by atoms with Crippen molar-refractivity contribution < 1.29 is 19.1 Å². The van der Waals surface area contributed by atoms with E-state index in [9.17, 15) is 9.59 Å². The summed E-state index contributed by atoms with van der Waals surface area (Å²) >= 11 is 0. The molecular weight excluding hydrogens is 332 g/mol. The highest BCUT2D eigenvalue weighted by molar-refractivity contribution is 5.80. The van der Waals surface area contributed by atoms with Crippen molar-refractivity contribution in [1.29, 1.82) is 0 Å². The molecule has 2 aliphatic rings. The van der Waals surface area contributed by atoms with Crippen molar-refractivity contribution in [3.63, 3.8) is 0 Å². The Morgan fingerprint density at radius 1 is 1.23 bits per heavy atom. The Balaban J connectivity index is 1.37. The topological polar surface area (TPSA) is 76.7 Å². The van der Waals surface area contributed by atoms with Crippen LogP contribution in [0.4, 0.5) is 0 Å². The number of hydrogen-bond donors (Lipinski definition) is 2. The van der Waals surface area contributed by atoms with Crippen molar-refractivity contribution >= 4 is 11.8 Å². The van der Waals surface area contributed by atoms with Crippen LogP contribution in [0.2, 0.25) is 0 Å². The summed E-state index contributed by atoms with van der Waals surface area (Å²) in [6, 6.07) is 9.49. The summed E-state index contributed by atoms with van der Waals surface area (Å²) in [4.78, 5) is 24.2. The first-order valence-electron chi connectivity index (χ1n) is 9.43. The van der Waals surface area contributed by atoms with Crippen LogP contribution < -0.4 is 15.4 Å². The zero-order valence-electron chi connectivity index (χ0n) is 15.3. The lowest BCUT2D eigenvalue weighted by molar-refractivity contribution is -0.131. The number of piperidine rings is 1. The van der Waals surface area contributed by atoms with Crippen molar-refractivity contribution in [1.82, 2.24) is 10.6 Å². The monoisotopic (exact) mass is 360 g/mol. The third kappa shape index (κ3) is 4.97. The molecule has 1 aliphatic carbocycles. The molecule has 6 heteroatoms. The zero-order valence-corrected chi connectivity index (χ0v) is 15.3. The molecular formula is C20H28N2O4. The van der Waals surface area contributed by atoms with E-state index in [2.05, 4.69) is 10.6 Å². The van der Waals surface area contributed by atoms with Gasteiger partial charge in [-0.1, -0.05) is 18.2 Å².